The molecule has 4 heteroatoms. The van der Waals surface area contributed by atoms with Crippen LogP contribution in [0.15, 0.2) is 23.2 Å². The Bertz CT molecular complexity index is 323. The predicted molar refractivity (Wildman–Crippen MR) is 59.3 cm³/mol. The van der Waals surface area contributed by atoms with Crippen molar-refractivity contribution < 1.29 is 0 Å². The lowest BCUT2D eigenvalue weighted by Crippen LogP contribution is -2.14. The summed E-state index contributed by atoms with van der Waals surface area (Å²) in [6.45, 7) is 0. The molecule has 13 heavy (non-hydrogen) atoms. The SMILES string of the molecule is CN=CN(C)c1ccc(Cl)cc1Cl. The Hall–Kier alpha value is -0.730. The molecule has 0 radical (unpaired) electrons. The van der Waals surface area contributed by atoms with Crippen molar-refractivity contribution in [2.45, 2.75) is 0 Å². The second kappa shape index (κ2) is 4.49. The molecule has 0 unspecified atom stereocenters. The van der Waals surface area contributed by atoms with Gasteiger partial charge >= 0.3 is 0 Å². The Morgan fingerprint density at radius 3 is 2.62 bits per heavy atom. The van der Waals surface area contributed by atoms with Crippen LogP contribution < -0.4 is 4.90 Å². The summed E-state index contributed by atoms with van der Waals surface area (Å²) in [5.74, 6) is 0. The fourth-order valence-corrected chi connectivity index (χ4v) is 1.54. The number of halogens is 2. The van der Waals surface area contributed by atoms with Crippen LogP contribution in [0, 0.1) is 0 Å². The normalized spacial score (nSPS) is 10.8. The van der Waals surface area contributed by atoms with Gasteiger partial charge in [-0.05, 0) is 18.2 Å². The van der Waals surface area contributed by atoms with Crippen LogP contribution in [0.3, 0.4) is 0 Å². The van der Waals surface area contributed by atoms with Gasteiger partial charge in [-0.15, -0.1) is 0 Å². The van der Waals surface area contributed by atoms with E-state index in [4.69, 9.17) is 23.2 Å². The van der Waals surface area contributed by atoms with Crippen molar-refractivity contribution in [2.75, 3.05) is 19.0 Å². The van der Waals surface area contributed by atoms with Crippen LogP contribution >= 0.6 is 23.2 Å². The summed E-state index contributed by atoms with van der Waals surface area (Å²) in [6.07, 6.45) is 1.69. The molecular weight excluding hydrogens is 207 g/mol. The number of anilines is 1. The first-order valence-corrected chi connectivity index (χ1v) is 4.51. The van der Waals surface area contributed by atoms with Gasteiger partial charge in [0.2, 0.25) is 0 Å². The van der Waals surface area contributed by atoms with E-state index >= 15 is 0 Å². The summed E-state index contributed by atoms with van der Waals surface area (Å²) in [5, 5.41) is 1.26. The third-order valence-electron chi connectivity index (χ3n) is 1.58. The van der Waals surface area contributed by atoms with E-state index in [1.54, 1.807) is 25.5 Å². The summed E-state index contributed by atoms with van der Waals surface area (Å²) < 4.78 is 0. The third-order valence-corrected chi connectivity index (χ3v) is 2.12. The molecule has 1 aromatic carbocycles. The van der Waals surface area contributed by atoms with Crippen LogP contribution in [0.2, 0.25) is 10.0 Å². The smallest absolute Gasteiger partial charge is 0.0888 e. The van der Waals surface area contributed by atoms with Gasteiger partial charge in [0.05, 0.1) is 17.0 Å². The molecule has 0 fully saturated rings. The molecule has 0 saturated carbocycles. The summed E-state index contributed by atoms with van der Waals surface area (Å²) in [7, 11) is 3.59. The van der Waals surface area contributed by atoms with E-state index in [0.29, 0.717) is 10.0 Å². The molecule has 0 aliphatic heterocycles. The first-order chi connectivity index (χ1) is 6.15. The summed E-state index contributed by atoms with van der Waals surface area (Å²) in [4.78, 5) is 5.72. The molecule has 0 amide bonds. The Morgan fingerprint density at radius 1 is 1.38 bits per heavy atom. The molecule has 70 valence electrons. The minimum atomic E-state index is 0.620. The topological polar surface area (TPSA) is 15.6 Å². The van der Waals surface area contributed by atoms with Crippen LogP contribution in [0.5, 0.6) is 0 Å². The summed E-state index contributed by atoms with van der Waals surface area (Å²) >= 11 is 11.7. The zero-order valence-electron chi connectivity index (χ0n) is 7.46. The van der Waals surface area contributed by atoms with Crippen molar-refractivity contribution in [1.82, 2.24) is 0 Å². The lowest BCUT2D eigenvalue weighted by Gasteiger charge is -2.14. The quantitative estimate of drug-likeness (QED) is 0.549. The molecule has 0 spiro atoms. The monoisotopic (exact) mass is 216 g/mol. The van der Waals surface area contributed by atoms with Crippen molar-refractivity contribution in [3.8, 4) is 0 Å². The third kappa shape index (κ3) is 2.61. The van der Waals surface area contributed by atoms with Crippen molar-refractivity contribution in [1.29, 1.82) is 0 Å². The fourth-order valence-electron chi connectivity index (χ4n) is 1.00. The van der Waals surface area contributed by atoms with Crippen LogP contribution in [-0.4, -0.2) is 20.4 Å². The van der Waals surface area contributed by atoms with E-state index in [1.807, 2.05) is 18.0 Å². The molecule has 2 nitrogen and oxygen atoms in total. The maximum atomic E-state index is 5.97. The highest BCUT2D eigenvalue weighted by atomic mass is 35.5. The summed E-state index contributed by atoms with van der Waals surface area (Å²) in [6, 6.07) is 5.35. The van der Waals surface area contributed by atoms with Crippen molar-refractivity contribution in [3.05, 3.63) is 28.2 Å². The van der Waals surface area contributed by atoms with Crippen molar-refractivity contribution in [3.63, 3.8) is 0 Å². The second-order valence-electron chi connectivity index (χ2n) is 2.58. The van der Waals surface area contributed by atoms with Gasteiger partial charge in [-0.1, -0.05) is 23.2 Å². The van der Waals surface area contributed by atoms with Gasteiger partial charge in [0.15, 0.2) is 0 Å². The zero-order valence-corrected chi connectivity index (χ0v) is 8.97. The number of nitrogens with zero attached hydrogens (tertiary/aromatic N) is 2. The maximum absolute atomic E-state index is 5.97. The zero-order chi connectivity index (χ0) is 9.84. The first kappa shape index (κ1) is 10.4. The molecule has 1 rings (SSSR count). The second-order valence-corrected chi connectivity index (χ2v) is 3.42. The molecule has 0 aliphatic carbocycles. The van der Waals surface area contributed by atoms with Gasteiger partial charge in [0.1, 0.15) is 0 Å². The Morgan fingerprint density at radius 2 is 2.08 bits per heavy atom. The lowest BCUT2D eigenvalue weighted by molar-refractivity contribution is 1.27. The standard InChI is InChI=1S/C9H10Cl2N2/c1-12-6-13(2)9-4-3-7(10)5-8(9)11/h3-6H,1-2H3. The Balaban J connectivity index is 3.01. The van der Waals surface area contributed by atoms with E-state index in [2.05, 4.69) is 4.99 Å². The van der Waals surface area contributed by atoms with E-state index in [9.17, 15) is 0 Å². The molecule has 0 aromatic heterocycles. The Labute approximate surface area is 87.8 Å². The number of hydrogen-bond acceptors (Lipinski definition) is 1. The van der Waals surface area contributed by atoms with Crippen molar-refractivity contribution >= 4 is 35.2 Å². The molecule has 0 aliphatic rings. The highest BCUT2D eigenvalue weighted by Crippen LogP contribution is 2.27. The van der Waals surface area contributed by atoms with Crippen LogP contribution in [0.1, 0.15) is 0 Å². The largest absolute Gasteiger partial charge is 0.335 e. The van der Waals surface area contributed by atoms with Crippen molar-refractivity contribution in [2.24, 2.45) is 4.99 Å². The fraction of sp³-hybridized carbons (Fsp3) is 0.222. The minimum Gasteiger partial charge on any atom is -0.335 e. The average molecular weight is 217 g/mol. The molecule has 0 bridgehead atoms. The highest BCUT2D eigenvalue weighted by molar-refractivity contribution is 6.36. The predicted octanol–water partition coefficient (Wildman–Crippen LogP) is 3.09. The highest BCUT2D eigenvalue weighted by Gasteiger charge is 2.03. The molecule has 0 saturated heterocycles. The first-order valence-electron chi connectivity index (χ1n) is 3.75. The number of hydrogen-bond donors (Lipinski definition) is 0. The lowest BCUT2D eigenvalue weighted by atomic mass is 10.3. The minimum absolute atomic E-state index is 0.620. The number of rotatable bonds is 2. The van der Waals surface area contributed by atoms with Crippen LogP contribution in [0.25, 0.3) is 0 Å². The van der Waals surface area contributed by atoms with E-state index in [0.717, 1.165) is 5.69 Å². The average Bonchev–Trinajstić information content (AvgIpc) is 2.04. The molecule has 0 N–H and O–H groups in total. The Kier molecular flexibility index (Phi) is 3.58. The molecule has 0 heterocycles. The van der Waals surface area contributed by atoms with Gasteiger partial charge in [-0.2, -0.15) is 0 Å². The van der Waals surface area contributed by atoms with Gasteiger partial charge in [-0.25, -0.2) is 0 Å². The van der Waals surface area contributed by atoms with Crippen LogP contribution in [-0.2, 0) is 0 Å². The van der Waals surface area contributed by atoms with E-state index in [-0.39, 0.29) is 0 Å². The number of benzene rings is 1. The van der Waals surface area contributed by atoms with Gasteiger partial charge in [0, 0.05) is 19.1 Å². The molecule has 0 atom stereocenters. The van der Waals surface area contributed by atoms with E-state index in [1.165, 1.54) is 0 Å². The van der Waals surface area contributed by atoms with E-state index < -0.39 is 0 Å². The van der Waals surface area contributed by atoms with Gasteiger partial charge in [-0.3, -0.25) is 4.99 Å². The molecular formula is C9H10Cl2N2. The summed E-state index contributed by atoms with van der Waals surface area (Å²) in [5.41, 5.74) is 0.886. The van der Waals surface area contributed by atoms with Gasteiger partial charge in [0.25, 0.3) is 0 Å². The number of aliphatic imine (C=N–C) groups is 1. The van der Waals surface area contributed by atoms with Crippen LogP contribution in [0.4, 0.5) is 5.69 Å². The van der Waals surface area contributed by atoms with Gasteiger partial charge < -0.3 is 4.90 Å². The maximum Gasteiger partial charge on any atom is 0.0888 e. The molecule has 1 aromatic rings.